The second kappa shape index (κ2) is 7.84. The number of nitrogens with two attached hydrogens (primary N) is 1. The van der Waals surface area contributed by atoms with Gasteiger partial charge in [0.2, 0.25) is 5.91 Å². The maximum absolute atomic E-state index is 11.6. The molecule has 1 amide bonds. The van der Waals surface area contributed by atoms with Gasteiger partial charge in [-0.2, -0.15) is 0 Å². The van der Waals surface area contributed by atoms with E-state index in [-0.39, 0.29) is 18.6 Å². The Hall–Kier alpha value is -1.39. The fraction of sp³-hybridized carbons (Fsp3) is 0.500. The van der Waals surface area contributed by atoms with Gasteiger partial charge in [0.15, 0.2) is 0 Å². The van der Waals surface area contributed by atoms with Crippen LogP contribution in [0.5, 0.6) is 0 Å². The van der Waals surface area contributed by atoms with Gasteiger partial charge < -0.3 is 15.8 Å². The number of nitrogens with one attached hydrogen (secondary N) is 1. The summed E-state index contributed by atoms with van der Waals surface area (Å²) in [6.07, 6.45) is 0.920. The zero-order valence-electron chi connectivity index (χ0n) is 11.1. The largest absolute Gasteiger partial charge is 0.372 e. The fourth-order valence-electron chi connectivity index (χ4n) is 1.62. The minimum absolute atomic E-state index is 0.0189. The molecule has 0 radical (unpaired) electrons. The molecule has 0 aromatic heterocycles. The number of ether oxygens (including phenoxy) is 1. The van der Waals surface area contributed by atoms with E-state index in [1.54, 1.807) is 0 Å². The first-order valence-electron chi connectivity index (χ1n) is 6.33. The van der Waals surface area contributed by atoms with E-state index in [1.165, 1.54) is 0 Å². The van der Waals surface area contributed by atoms with Crippen LogP contribution in [-0.2, 0) is 16.1 Å². The molecule has 0 heterocycles. The molecular weight excluding hydrogens is 228 g/mol. The van der Waals surface area contributed by atoms with Crippen molar-refractivity contribution in [3.63, 3.8) is 0 Å². The summed E-state index contributed by atoms with van der Waals surface area (Å²) in [5.41, 5.74) is 7.69. The molecule has 0 spiro atoms. The SMILES string of the molecule is CCCOCC(=O)NC(C)c1ccc(CN)cc1. The van der Waals surface area contributed by atoms with Gasteiger partial charge in [-0.3, -0.25) is 4.79 Å². The predicted octanol–water partition coefficient (Wildman–Crippen LogP) is 1.75. The van der Waals surface area contributed by atoms with Crippen molar-refractivity contribution in [3.8, 4) is 0 Å². The molecule has 0 bridgehead atoms. The molecule has 0 saturated heterocycles. The molecule has 0 aliphatic rings. The van der Waals surface area contributed by atoms with Crippen molar-refractivity contribution in [2.24, 2.45) is 5.73 Å². The summed E-state index contributed by atoms with van der Waals surface area (Å²) in [7, 11) is 0. The van der Waals surface area contributed by atoms with Gasteiger partial charge in [0, 0.05) is 13.2 Å². The van der Waals surface area contributed by atoms with Crippen molar-refractivity contribution in [1.82, 2.24) is 5.32 Å². The van der Waals surface area contributed by atoms with Crippen LogP contribution in [0, 0.1) is 0 Å². The maximum Gasteiger partial charge on any atom is 0.246 e. The summed E-state index contributed by atoms with van der Waals surface area (Å²) in [6, 6.07) is 7.91. The normalized spacial score (nSPS) is 12.2. The predicted molar refractivity (Wildman–Crippen MR) is 72.0 cm³/mol. The Morgan fingerprint density at radius 3 is 2.61 bits per heavy atom. The summed E-state index contributed by atoms with van der Waals surface area (Å²) in [5, 5.41) is 2.90. The number of hydrogen-bond donors (Lipinski definition) is 2. The van der Waals surface area contributed by atoms with Crippen molar-refractivity contribution >= 4 is 5.91 Å². The first kappa shape index (κ1) is 14.7. The monoisotopic (exact) mass is 250 g/mol. The molecule has 18 heavy (non-hydrogen) atoms. The number of rotatable bonds is 7. The van der Waals surface area contributed by atoms with Crippen molar-refractivity contribution in [2.75, 3.05) is 13.2 Å². The summed E-state index contributed by atoms with van der Waals surface area (Å²) in [5.74, 6) is -0.0844. The van der Waals surface area contributed by atoms with Crippen molar-refractivity contribution in [3.05, 3.63) is 35.4 Å². The molecule has 0 aliphatic carbocycles. The lowest BCUT2D eigenvalue weighted by Crippen LogP contribution is -2.30. The van der Waals surface area contributed by atoms with Crippen LogP contribution in [0.15, 0.2) is 24.3 Å². The van der Waals surface area contributed by atoms with Crippen molar-refractivity contribution < 1.29 is 9.53 Å². The van der Waals surface area contributed by atoms with E-state index in [9.17, 15) is 4.79 Å². The van der Waals surface area contributed by atoms with E-state index in [2.05, 4.69) is 5.32 Å². The first-order chi connectivity index (χ1) is 8.67. The maximum atomic E-state index is 11.6. The number of hydrogen-bond acceptors (Lipinski definition) is 3. The van der Waals surface area contributed by atoms with E-state index in [1.807, 2.05) is 38.1 Å². The van der Waals surface area contributed by atoms with Gasteiger partial charge in [-0.05, 0) is 24.5 Å². The number of carbonyl (C=O) groups excluding carboxylic acids is 1. The van der Waals surface area contributed by atoms with Crippen LogP contribution < -0.4 is 11.1 Å². The average molecular weight is 250 g/mol. The van der Waals surface area contributed by atoms with Gasteiger partial charge in [0.25, 0.3) is 0 Å². The minimum Gasteiger partial charge on any atom is -0.372 e. The Morgan fingerprint density at radius 2 is 2.06 bits per heavy atom. The van der Waals surface area contributed by atoms with E-state index in [4.69, 9.17) is 10.5 Å². The van der Waals surface area contributed by atoms with Gasteiger partial charge in [-0.25, -0.2) is 0 Å². The van der Waals surface area contributed by atoms with Crippen LogP contribution in [-0.4, -0.2) is 19.1 Å². The molecule has 1 atom stereocenters. The fourth-order valence-corrected chi connectivity index (χ4v) is 1.62. The highest BCUT2D eigenvalue weighted by atomic mass is 16.5. The van der Waals surface area contributed by atoms with E-state index >= 15 is 0 Å². The number of benzene rings is 1. The lowest BCUT2D eigenvalue weighted by atomic mass is 10.1. The van der Waals surface area contributed by atoms with Gasteiger partial charge in [0.05, 0.1) is 6.04 Å². The Bertz CT molecular complexity index is 363. The van der Waals surface area contributed by atoms with Gasteiger partial charge in [0.1, 0.15) is 6.61 Å². The molecule has 0 aliphatic heterocycles. The molecule has 4 heteroatoms. The van der Waals surface area contributed by atoms with Crippen LogP contribution in [0.25, 0.3) is 0 Å². The lowest BCUT2D eigenvalue weighted by molar-refractivity contribution is -0.126. The van der Waals surface area contributed by atoms with Crippen LogP contribution in [0.4, 0.5) is 0 Å². The number of carbonyl (C=O) groups is 1. The van der Waals surface area contributed by atoms with Crippen LogP contribution in [0.3, 0.4) is 0 Å². The van der Waals surface area contributed by atoms with Crippen LogP contribution in [0.1, 0.15) is 37.4 Å². The lowest BCUT2D eigenvalue weighted by Gasteiger charge is -2.14. The Kier molecular flexibility index (Phi) is 6.39. The minimum atomic E-state index is -0.0844. The van der Waals surface area contributed by atoms with E-state index in [0.717, 1.165) is 17.5 Å². The summed E-state index contributed by atoms with van der Waals surface area (Å²) in [4.78, 5) is 11.6. The van der Waals surface area contributed by atoms with Gasteiger partial charge >= 0.3 is 0 Å². The highest BCUT2D eigenvalue weighted by molar-refractivity contribution is 5.77. The summed E-state index contributed by atoms with van der Waals surface area (Å²) >= 11 is 0. The smallest absolute Gasteiger partial charge is 0.246 e. The third-order valence-corrected chi connectivity index (χ3v) is 2.67. The second-order valence-corrected chi connectivity index (χ2v) is 4.29. The Balaban J connectivity index is 2.43. The van der Waals surface area contributed by atoms with Gasteiger partial charge in [-0.1, -0.05) is 31.2 Å². The molecule has 1 aromatic carbocycles. The molecule has 4 nitrogen and oxygen atoms in total. The Morgan fingerprint density at radius 1 is 1.39 bits per heavy atom. The molecule has 3 N–H and O–H groups in total. The molecule has 100 valence electrons. The zero-order valence-corrected chi connectivity index (χ0v) is 11.1. The molecule has 1 aromatic rings. The summed E-state index contributed by atoms with van der Waals surface area (Å²) in [6.45, 7) is 5.24. The number of amides is 1. The highest BCUT2D eigenvalue weighted by Crippen LogP contribution is 2.13. The molecule has 0 saturated carbocycles. The molecule has 1 unspecified atom stereocenters. The topological polar surface area (TPSA) is 64.3 Å². The van der Waals surface area contributed by atoms with Crippen LogP contribution >= 0.6 is 0 Å². The average Bonchev–Trinajstić information content (AvgIpc) is 2.39. The molecule has 1 rings (SSSR count). The molecular formula is C14H22N2O2. The van der Waals surface area contributed by atoms with Crippen LogP contribution in [0.2, 0.25) is 0 Å². The molecule has 0 fully saturated rings. The van der Waals surface area contributed by atoms with Crippen molar-refractivity contribution in [2.45, 2.75) is 32.9 Å². The standard InChI is InChI=1S/C14H22N2O2/c1-3-8-18-10-14(17)16-11(2)13-6-4-12(9-15)5-7-13/h4-7,11H,3,8-10,15H2,1-2H3,(H,16,17). The third-order valence-electron chi connectivity index (χ3n) is 2.67. The van der Waals surface area contributed by atoms with Gasteiger partial charge in [-0.15, -0.1) is 0 Å². The van der Waals surface area contributed by atoms with Crippen molar-refractivity contribution in [1.29, 1.82) is 0 Å². The summed E-state index contributed by atoms with van der Waals surface area (Å²) < 4.78 is 5.19. The third kappa shape index (κ3) is 4.85. The van der Waals surface area contributed by atoms with E-state index < -0.39 is 0 Å². The highest BCUT2D eigenvalue weighted by Gasteiger charge is 2.09. The quantitative estimate of drug-likeness (QED) is 0.725. The zero-order chi connectivity index (χ0) is 13.4. The first-order valence-corrected chi connectivity index (χ1v) is 6.33. The van der Waals surface area contributed by atoms with E-state index in [0.29, 0.717) is 13.2 Å². The Labute approximate surface area is 109 Å². The second-order valence-electron chi connectivity index (χ2n) is 4.29.